The minimum absolute atomic E-state index is 0.0302. The second kappa shape index (κ2) is 10.8. The summed E-state index contributed by atoms with van der Waals surface area (Å²) >= 11 is 0. The Balaban J connectivity index is 1.57. The van der Waals surface area contributed by atoms with Crippen LogP contribution in [0.15, 0.2) is 103 Å². The molecule has 180 valence electrons. The number of hydrogen-bond donors (Lipinski definition) is 0. The fourth-order valence-corrected chi connectivity index (χ4v) is 6.66. The summed E-state index contributed by atoms with van der Waals surface area (Å²) in [5, 5.41) is 0. The smallest absolute Gasteiger partial charge is 0.0378 e. The van der Waals surface area contributed by atoms with E-state index in [1.807, 2.05) is 0 Å². The van der Waals surface area contributed by atoms with E-state index in [2.05, 4.69) is 103 Å². The van der Waals surface area contributed by atoms with Gasteiger partial charge in [0, 0.05) is 25.0 Å². The van der Waals surface area contributed by atoms with E-state index in [1.165, 1.54) is 60.8 Å². The van der Waals surface area contributed by atoms with E-state index >= 15 is 0 Å². The van der Waals surface area contributed by atoms with Crippen molar-refractivity contribution in [3.63, 3.8) is 0 Å². The summed E-state index contributed by atoms with van der Waals surface area (Å²) in [5.41, 5.74) is 8.65. The molecule has 3 aromatic rings. The topological polar surface area (TPSA) is 3.24 Å². The predicted octanol–water partition coefficient (Wildman–Crippen LogP) is 8.65. The molecular weight excluding hydrogens is 422 g/mol. The minimum atomic E-state index is -0.0302. The Morgan fingerprint density at radius 1 is 0.857 bits per heavy atom. The highest BCUT2D eigenvalue weighted by molar-refractivity contribution is 5.90. The Morgan fingerprint density at radius 3 is 2.20 bits per heavy atom. The zero-order valence-corrected chi connectivity index (χ0v) is 21.3. The number of rotatable bonds is 10. The molecule has 35 heavy (non-hydrogen) atoms. The molecule has 0 radical (unpaired) electrons. The van der Waals surface area contributed by atoms with Crippen LogP contribution in [0, 0.1) is 11.3 Å². The van der Waals surface area contributed by atoms with Crippen LogP contribution in [0.4, 0.5) is 0 Å². The molecule has 3 aromatic carbocycles. The Labute approximate surface area is 212 Å². The molecule has 0 N–H and O–H groups in total. The predicted molar refractivity (Wildman–Crippen MR) is 150 cm³/mol. The quantitative estimate of drug-likeness (QED) is 0.273. The van der Waals surface area contributed by atoms with E-state index in [0.29, 0.717) is 5.92 Å². The van der Waals surface area contributed by atoms with E-state index in [0.717, 1.165) is 19.6 Å². The van der Waals surface area contributed by atoms with Gasteiger partial charge in [-0.3, -0.25) is 4.90 Å². The fourth-order valence-electron chi connectivity index (χ4n) is 6.66. The van der Waals surface area contributed by atoms with Gasteiger partial charge in [0.2, 0.25) is 0 Å². The Morgan fingerprint density at radius 2 is 1.51 bits per heavy atom. The van der Waals surface area contributed by atoms with Crippen LogP contribution in [0.25, 0.3) is 11.1 Å². The van der Waals surface area contributed by atoms with Crippen LogP contribution in [0.1, 0.15) is 62.1 Å². The van der Waals surface area contributed by atoms with E-state index in [-0.39, 0.29) is 5.41 Å². The van der Waals surface area contributed by atoms with Gasteiger partial charge in [0.05, 0.1) is 0 Å². The summed E-state index contributed by atoms with van der Waals surface area (Å²) < 4.78 is 0. The number of allylic oxidation sites excluding steroid dienone is 1. The van der Waals surface area contributed by atoms with Crippen molar-refractivity contribution in [1.82, 2.24) is 4.90 Å². The molecule has 1 nitrogen and oxygen atoms in total. The normalized spacial score (nSPS) is 21.9. The van der Waals surface area contributed by atoms with Crippen LogP contribution < -0.4 is 0 Å². The minimum Gasteiger partial charge on any atom is -0.298 e. The summed E-state index contributed by atoms with van der Waals surface area (Å²) in [4.78, 5) is 2.69. The molecule has 1 heterocycles. The highest BCUT2D eigenvalue weighted by atomic mass is 15.2. The van der Waals surface area contributed by atoms with Crippen molar-refractivity contribution >= 4 is 11.1 Å². The van der Waals surface area contributed by atoms with Crippen molar-refractivity contribution in [2.24, 2.45) is 11.3 Å². The standard InChI is InChI=1S/C34H39N/c1-3-4-5-11-22-31-23-32-25-35(24-28-16-9-6-10-17-28)26-34(32,27(2)29-18-12-7-13-19-29)33(31)30-20-14-8-15-21-30/h6-10,12-21,32H,2-5,11,22-26H2,1H3/t32-,34-/m0/s1. The third-order valence-electron chi connectivity index (χ3n) is 8.25. The lowest BCUT2D eigenvalue weighted by molar-refractivity contribution is 0.310. The third-order valence-corrected chi connectivity index (χ3v) is 8.25. The molecule has 1 heteroatoms. The van der Waals surface area contributed by atoms with Gasteiger partial charge in [-0.05, 0) is 53.0 Å². The first-order chi connectivity index (χ1) is 17.2. The monoisotopic (exact) mass is 461 g/mol. The molecule has 1 fully saturated rings. The van der Waals surface area contributed by atoms with Crippen LogP contribution in [-0.2, 0) is 6.54 Å². The van der Waals surface area contributed by atoms with Crippen molar-refractivity contribution in [3.05, 3.63) is 120 Å². The van der Waals surface area contributed by atoms with Gasteiger partial charge in [-0.1, -0.05) is 129 Å². The SMILES string of the molecule is C=C(c1ccccc1)[C@@]12CN(Cc3ccccc3)C[C@@H]1CC(CCCCCC)=C2c1ccccc1. The van der Waals surface area contributed by atoms with Gasteiger partial charge in [-0.25, -0.2) is 0 Å². The number of benzene rings is 3. The highest BCUT2D eigenvalue weighted by Crippen LogP contribution is 2.62. The molecular formula is C34H39N. The van der Waals surface area contributed by atoms with Crippen LogP contribution in [0.3, 0.4) is 0 Å². The van der Waals surface area contributed by atoms with Gasteiger partial charge in [-0.2, -0.15) is 0 Å². The average Bonchev–Trinajstić information content (AvgIpc) is 3.40. The van der Waals surface area contributed by atoms with Gasteiger partial charge in [-0.15, -0.1) is 0 Å². The van der Waals surface area contributed by atoms with E-state index < -0.39 is 0 Å². The molecule has 0 aromatic heterocycles. The Bertz CT molecular complexity index is 1140. The molecule has 2 aliphatic rings. The van der Waals surface area contributed by atoms with Crippen LogP contribution in [0.2, 0.25) is 0 Å². The first-order valence-corrected chi connectivity index (χ1v) is 13.5. The maximum Gasteiger partial charge on any atom is 0.0378 e. The summed E-state index contributed by atoms with van der Waals surface area (Å²) in [7, 11) is 0. The zero-order chi connectivity index (χ0) is 24.1. The maximum absolute atomic E-state index is 4.84. The molecule has 0 amide bonds. The van der Waals surface area contributed by atoms with Gasteiger partial charge in [0.1, 0.15) is 0 Å². The molecule has 5 rings (SSSR count). The van der Waals surface area contributed by atoms with Crippen molar-refractivity contribution in [2.75, 3.05) is 13.1 Å². The molecule has 0 bridgehead atoms. The first kappa shape index (κ1) is 23.8. The van der Waals surface area contributed by atoms with E-state index in [9.17, 15) is 0 Å². The number of fused-ring (bicyclic) bond motifs is 1. The first-order valence-electron chi connectivity index (χ1n) is 13.5. The summed E-state index contributed by atoms with van der Waals surface area (Å²) in [6, 6.07) is 33.2. The van der Waals surface area contributed by atoms with Crippen molar-refractivity contribution < 1.29 is 0 Å². The lowest BCUT2D eigenvalue weighted by Gasteiger charge is -2.36. The molecule has 0 saturated carbocycles. The maximum atomic E-state index is 4.84. The largest absolute Gasteiger partial charge is 0.298 e. The molecule has 0 unspecified atom stereocenters. The Kier molecular flexibility index (Phi) is 7.35. The van der Waals surface area contributed by atoms with E-state index in [1.54, 1.807) is 11.1 Å². The Hall–Kier alpha value is -2.90. The second-order valence-corrected chi connectivity index (χ2v) is 10.5. The third kappa shape index (κ3) is 4.80. The molecule has 1 aliphatic carbocycles. The summed E-state index contributed by atoms with van der Waals surface area (Å²) in [6.45, 7) is 10.3. The van der Waals surface area contributed by atoms with Crippen molar-refractivity contribution in [1.29, 1.82) is 0 Å². The zero-order valence-electron chi connectivity index (χ0n) is 21.3. The fraction of sp³-hybridized carbons (Fsp3) is 0.353. The number of likely N-dealkylation sites (tertiary alicyclic amines) is 1. The molecule has 0 spiro atoms. The van der Waals surface area contributed by atoms with Crippen LogP contribution >= 0.6 is 0 Å². The average molecular weight is 462 g/mol. The van der Waals surface area contributed by atoms with Crippen LogP contribution in [0.5, 0.6) is 0 Å². The number of unbranched alkanes of at least 4 members (excludes halogenated alkanes) is 3. The molecule has 1 saturated heterocycles. The van der Waals surface area contributed by atoms with Gasteiger partial charge >= 0.3 is 0 Å². The van der Waals surface area contributed by atoms with Gasteiger partial charge in [0.15, 0.2) is 0 Å². The number of nitrogens with zero attached hydrogens (tertiary/aromatic N) is 1. The lowest BCUT2D eigenvalue weighted by atomic mass is 9.67. The van der Waals surface area contributed by atoms with Gasteiger partial charge < -0.3 is 0 Å². The lowest BCUT2D eigenvalue weighted by Crippen LogP contribution is -2.31. The van der Waals surface area contributed by atoms with Crippen molar-refractivity contribution in [2.45, 2.75) is 52.0 Å². The number of hydrogen-bond acceptors (Lipinski definition) is 1. The summed E-state index contributed by atoms with van der Waals surface area (Å²) in [6.07, 6.45) is 7.69. The van der Waals surface area contributed by atoms with Crippen LogP contribution in [-0.4, -0.2) is 18.0 Å². The molecule has 1 aliphatic heterocycles. The molecule has 2 atom stereocenters. The summed E-state index contributed by atoms with van der Waals surface area (Å²) in [5.74, 6) is 0.579. The van der Waals surface area contributed by atoms with Gasteiger partial charge in [0.25, 0.3) is 0 Å². The highest BCUT2D eigenvalue weighted by Gasteiger charge is 2.55. The van der Waals surface area contributed by atoms with E-state index in [4.69, 9.17) is 6.58 Å². The van der Waals surface area contributed by atoms with Crippen molar-refractivity contribution in [3.8, 4) is 0 Å². The second-order valence-electron chi connectivity index (χ2n) is 10.5.